The van der Waals surface area contributed by atoms with Crippen molar-refractivity contribution in [3.8, 4) is 0 Å². The number of carboxylic acid groups (broad SMARTS) is 1. The molecule has 0 spiro atoms. The molecule has 1 fully saturated rings. The van der Waals surface area contributed by atoms with Gasteiger partial charge in [0.05, 0.1) is 6.42 Å². The van der Waals surface area contributed by atoms with Crippen molar-refractivity contribution in [2.45, 2.75) is 25.3 Å². The molecule has 0 aromatic rings. The predicted molar refractivity (Wildman–Crippen MR) is 53.3 cm³/mol. The van der Waals surface area contributed by atoms with Crippen LogP contribution < -0.4 is 0 Å². The minimum absolute atomic E-state index is 0.149. The van der Waals surface area contributed by atoms with Crippen LogP contribution in [-0.2, 0) is 9.53 Å². The van der Waals surface area contributed by atoms with Crippen molar-refractivity contribution in [1.82, 2.24) is 4.90 Å². The van der Waals surface area contributed by atoms with Crippen LogP contribution in [0.2, 0.25) is 0 Å². The molecule has 4 heteroatoms. The molecule has 0 aromatic heterocycles. The lowest BCUT2D eigenvalue weighted by atomic mass is 9.89. The average molecular weight is 201 g/mol. The van der Waals surface area contributed by atoms with E-state index in [2.05, 4.69) is 0 Å². The first kappa shape index (κ1) is 11.5. The first-order valence-corrected chi connectivity index (χ1v) is 5.07. The van der Waals surface area contributed by atoms with Gasteiger partial charge in [-0.15, -0.1) is 0 Å². The van der Waals surface area contributed by atoms with Gasteiger partial charge in [-0.2, -0.15) is 0 Å². The van der Waals surface area contributed by atoms with Crippen molar-refractivity contribution in [2.24, 2.45) is 5.92 Å². The summed E-state index contributed by atoms with van der Waals surface area (Å²) in [5.74, 6) is -0.245. The molecule has 1 aliphatic rings. The van der Waals surface area contributed by atoms with Crippen molar-refractivity contribution in [3.05, 3.63) is 0 Å². The van der Waals surface area contributed by atoms with Crippen molar-refractivity contribution in [2.75, 3.05) is 27.3 Å². The zero-order valence-electron chi connectivity index (χ0n) is 8.90. The Morgan fingerprint density at radius 3 is 2.50 bits per heavy atom. The topological polar surface area (TPSA) is 49.8 Å². The van der Waals surface area contributed by atoms with E-state index < -0.39 is 5.97 Å². The number of nitrogens with zero attached hydrogens (tertiary/aromatic N) is 1. The summed E-state index contributed by atoms with van der Waals surface area (Å²) in [5, 5.41) is 8.81. The smallest absolute Gasteiger partial charge is 0.304 e. The molecule has 0 aromatic carbocycles. The zero-order chi connectivity index (χ0) is 10.6. The largest absolute Gasteiger partial charge is 0.481 e. The van der Waals surface area contributed by atoms with Crippen LogP contribution in [0.1, 0.15) is 19.3 Å². The van der Waals surface area contributed by atoms with Gasteiger partial charge in [0.15, 0.2) is 0 Å². The van der Waals surface area contributed by atoms with E-state index in [4.69, 9.17) is 9.84 Å². The van der Waals surface area contributed by atoms with Crippen molar-refractivity contribution in [1.29, 1.82) is 0 Å². The molecule has 0 aliphatic carbocycles. The summed E-state index contributed by atoms with van der Waals surface area (Å²) in [4.78, 5) is 12.7. The Bertz CT molecular complexity index is 188. The molecule has 1 heterocycles. The fourth-order valence-corrected chi connectivity index (χ4v) is 2.05. The standard InChI is InChI=1S/C10H19NO3/c1-11(2)9(7-10(12)13)8-3-5-14-6-4-8/h8-9H,3-7H2,1-2H3,(H,12,13). The van der Waals surface area contributed by atoms with Crippen molar-refractivity contribution >= 4 is 5.97 Å². The van der Waals surface area contributed by atoms with Gasteiger partial charge in [-0.25, -0.2) is 0 Å². The molecule has 1 unspecified atom stereocenters. The van der Waals surface area contributed by atoms with Crippen LogP contribution in [0.5, 0.6) is 0 Å². The van der Waals surface area contributed by atoms with Crippen LogP contribution in [0.25, 0.3) is 0 Å². The Labute approximate surface area is 84.8 Å². The summed E-state index contributed by atoms with van der Waals surface area (Å²) in [6.45, 7) is 1.54. The van der Waals surface area contributed by atoms with Crippen LogP contribution in [0.4, 0.5) is 0 Å². The molecule has 82 valence electrons. The monoisotopic (exact) mass is 201 g/mol. The molecule has 0 bridgehead atoms. The molecule has 1 saturated heterocycles. The third-order valence-electron chi connectivity index (χ3n) is 2.86. The Balaban J connectivity index is 2.51. The van der Waals surface area contributed by atoms with Crippen LogP contribution >= 0.6 is 0 Å². The Morgan fingerprint density at radius 2 is 2.07 bits per heavy atom. The number of hydrogen-bond donors (Lipinski definition) is 1. The molecule has 0 amide bonds. The molecule has 4 nitrogen and oxygen atoms in total. The van der Waals surface area contributed by atoms with Gasteiger partial charge >= 0.3 is 5.97 Å². The molecule has 1 atom stereocenters. The van der Waals surface area contributed by atoms with Gasteiger partial charge in [-0.05, 0) is 32.9 Å². The summed E-state index contributed by atoms with van der Waals surface area (Å²) in [5.41, 5.74) is 0. The van der Waals surface area contributed by atoms with Gasteiger partial charge in [0.25, 0.3) is 0 Å². The molecule has 1 aliphatic heterocycles. The number of ether oxygens (including phenoxy) is 1. The van der Waals surface area contributed by atoms with Gasteiger partial charge in [-0.1, -0.05) is 0 Å². The van der Waals surface area contributed by atoms with E-state index in [0.29, 0.717) is 5.92 Å². The highest BCUT2D eigenvalue weighted by molar-refractivity contribution is 5.67. The lowest BCUT2D eigenvalue weighted by Gasteiger charge is -2.33. The van der Waals surface area contributed by atoms with E-state index in [1.54, 1.807) is 0 Å². The van der Waals surface area contributed by atoms with Gasteiger partial charge < -0.3 is 14.7 Å². The lowest BCUT2D eigenvalue weighted by Crippen LogP contribution is -2.39. The third-order valence-corrected chi connectivity index (χ3v) is 2.86. The highest BCUT2D eigenvalue weighted by Crippen LogP contribution is 2.23. The third kappa shape index (κ3) is 3.27. The highest BCUT2D eigenvalue weighted by atomic mass is 16.5. The molecule has 0 saturated carbocycles. The summed E-state index contributed by atoms with van der Waals surface area (Å²) in [7, 11) is 3.89. The Hall–Kier alpha value is -0.610. The highest BCUT2D eigenvalue weighted by Gasteiger charge is 2.27. The molecule has 1 N–H and O–H groups in total. The molecule has 14 heavy (non-hydrogen) atoms. The number of rotatable bonds is 4. The zero-order valence-corrected chi connectivity index (χ0v) is 8.90. The summed E-state index contributed by atoms with van der Waals surface area (Å²) < 4.78 is 5.27. The minimum Gasteiger partial charge on any atom is -0.481 e. The van der Waals surface area contributed by atoms with Gasteiger partial charge in [0, 0.05) is 19.3 Å². The molecule has 1 rings (SSSR count). The molecule has 0 radical (unpaired) electrons. The lowest BCUT2D eigenvalue weighted by molar-refractivity contribution is -0.139. The fourth-order valence-electron chi connectivity index (χ4n) is 2.05. The number of hydrogen-bond acceptors (Lipinski definition) is 3. The maximum absolute atomic E-state index is 10.7. The maximum atomic E-state index is 10.7. The van der Waals surface area contributed by atoms with Gasteiger partial charge in [-0.3, -0.25) is 4.79 Å². The summed E-state index contributed by atoms with van der Waals surface area (Å²) in [6, 6.07) is 0.149. The Kier molecular flexibility index (Phi) is 4.35. The first-order chi connectivity index (χ1) is 6.61. The van der Waals surface area contributed by atoms with E-state index in [1.165, 1.54) is 0 Å². The minimum atomic E-state index is -0.713. The SMILES string of the molecule is CN(C)C(CC(=O)O)C1CCOCC1. The van der Waals surface area contributed by atoms with E-state index in [9.17, 15) is 4.79 Å². The van der Waals surface area contributed by atoms with Crippen LogP contribution in [-0.4, -0.2) is 49.3 Å². The second-order valence-electron chi connectivity index (χ2n) is 4.08. The van der Waals surface area contributed by atoms with E-state index in [-0.39, 0.29) is 12.5 Å². The second-order valence-corrected chi connectivity index (χ2v) is 4.08. The van der Waals surface area contributed by atoms with Crippen LogP contribution in [0, 0.1) is 5.92 Å². The van der Waals surface area contributed by atoms with E-state index in [0.717, 1.165) is 26.1 Å². The fraction of sp³-hybridized carbons (Fsp3) is 0.900. The van der Waals surface area contributed by atoms with E-state index >= 15 is 0 Å². The Morgan fingerprint density at radius 1 is 1.50 bits per heavy atom. The second kappa shape index (κ2) is 5.32. The van der Waals surface area contributed by atoms with Crippen molar-refractivity contribution in [3.63, 3.8) is 0 Å². The van der Waals surface area contributed by atoms with Crippen LogP contribution in [0.3, 0.4) is 0 Å². The normalized spacial score (nSPS) is 21.1. The number of carboxylic acids is 1. The number of aliphatic carboxylic acids is 1. The summed E-state index contributed by atoms with van der Waals surface area (Å²) >= 11 is 0. The summed E-state index contributed by atoms with van der Waals surface area (Å²) in [6.07, 6.45) is 2.20. The molecular formula is C10H19NO3. The van der Waals surface area contributed by atoms with Crippen LogP contribution in [0.15, 0.2) is 0 Å². The predicted octanol–water partition coefficient (Wildman–Crippen LogP) is 0.818. The maximum Gasteiger partial charge on any atom is 0.304 e. The first-order valence-electron chi connectivity index (χ1n) is 5.07. The van der Waals surface area contributed by atoms with Crippen molar-refractivity contribution < 1.29 is 14.6 Å². The average Bonchev–Trinajstić information content (AvgIpc) is 2.15. The van der Waals surface area contributed by atoms with Gasteiger partial charge in [0.1, 0.15) is 0 Å². The van der Waals surface area contributed by atoms with Gasteiger partial charge in [0.2, 0.25) is 0 Å². The van der Waals surface area contributed by atoms with E-state index in [1.807, 2.05) is 19.0 Å². The number of carbonyl (C=O) groups is 1. The quantitative estimate of drug-likeness (QED) is 0.731. The molecular weight excluding hydrogens is 182 g/mol.